The Morgan fingerprint density at radius 1 is 0.750 bits per heavy atom. The summed E-state index contributed by atoms with van der Waals surface area (Å²) in [5.74, 6) is 0. The van der Waals surface area contributed by atoms with Crippen LogP contribution < -0.4 is 4.57 Å². The standard InChI is InChI=1S/C22H43N2/c1-4-6-8-9-10-11-12-13-14-16-18-23-19-20-24(21-23)22(3)17-15-7-5-2/h19-22H,4-18H2,1-3H3/q+1. The summed E-state index contributed by atoms with van der Waals surface area (Å²) in [5, 5.41) is 0. The van der Waals surface area contributed by atoms with Crippen LogP contribution in [0.3, 0.4) is 0 Å². The van der Waals surface area contributed by atoms with Crippen molar-refractivity contribution in [2.24, 2.45) is 0 Å². The van der Waals surface area contributed by atoms with Gasteiger partial charge in [0.25, 0.3) is 0 Å². The Morgan fingerprint density at radius 2 is 1.29 bits per heavy atom. The number of aromatic nitrogens is 2. The van der Waals surface area contributed by atoms with E-state index in [1.165, 1.54) is 96.4 Å². The molecule has 1 aromatic rings. The van der Waals surface area contributed by atoms with E-state index in [2.05, 4.69) is 48.6 Å². The van der Waals surface area contributed by atoms with Crippen LogP contribution in [0.15, 0.2) is 18.7 Å². The van der Waals surface area contributed by atoms with Gasteiger partial charge in [0.2, 0.25) is 6.33 Å². The summed E-state index contributed by atoms with van der Waals surface area (Å²) in [6.07, 6.45) is 26.3. The second kappa shape index (κ2) is 14.5. The normalized spacial score (nSPS) is 12.6. The molecule has 0 amide bonds. The van der Waals surface area contributed by atoms with Gasteiger partial charge in [0.05, 0.1) is 12.6 Å². The maximum atomic E-state index is 2.39. The van der Waals surface area contributed by atoms with Gasteiger partial charge in [0, 0.05) is 0 Å². The summed E-state index contributed by atoms with van der Waals surface area (Å²) < 4.78 is 4.77. The molecule has 1 atom stereocenters. The van der Waals surface area contributed by atoms with Crippen LogP contribution in [0.1, 0.15) is 117 Å². The topological polar surface area (TPSA) is 8.81 Å². The van der Waals surface area contributed by atoms with E-state index in [1.54, 1.807) is 0 Å². The Hall–Kier alpha value is -0.790. The van der Waals surface area contributed by atoms with Crippen molar-refractivity contribution in [1.82, 2.24) is 4.57 Å². The Labute approximate surface area is 151 Å². The number of hydrogen-bond acceptors (Lipinski definition) is 0. The summed E-state index contributed by atoms with van der Waals surface area (Å²) in [5.41, 5.74) is 0. The van der Waals surface area contributed by atoms with Gasteiger partial charge >= 0.3 is 0 Å². The first kappa shape index (κ1) is 21.3. The predicted molar refractivity (Wildman–Crippen MR) is 105 cm³/mol. The number of nitrogens with zero attached hydrogens (tertiary/aromatic N) is 2. The van der Waals surface area contributed by atoms with Gasteiger partial charge < -0.3 is 0 Å². The van der Waals surface area contributed by atoms with Crippen LogP contribution in [-0.2, 0) is 6.54 Å². The summed E-state index contributed by atoms with van der Waals surface area (Å²) in [6, 6.07) is 0.644. The molecule has 0 bridgehead atoms. The predicted octanol–water partition coefficient (Wildman–Crippen LogP) is 6.84. The van der Waals surface area contributed by atoms with Crippen LogP contribution >= 0.6 is 0 Å². The second-order valence-electron chi connectivity index (χ2n) is 7.63. The lowest BCUT2D eigenvalue weighted by molar-refractivity contribution is -0.697. The molecule has 140 valence electrons. The molecule has 0 aliphatic heterocycles. The van der Waals surface area contributed by atoms with E-state index in [1.807, 2.05) is 0 Å². The van der Waals surface area contributed by atoms with Gasteiger partial charge in [0.15, 0.2) is 0 Å². The average molecular weight is 336 g/mol. The summed E-state index contributed by atoms with van der Waals surface area (Å²) in [6.45, 7) is 8.10. The fraction of sp³-hybridized carbons (Fsp3) is 0.864. The molecule has 2 heteroatoms. The van der Waals surface area contributed by atoms with E-state index in [-0.39, 0.29) is 0 Å². The van der Waals surface area contributed by atoms with Crippen LogP contribution in [0.25, 0.3) is 0 Å². The zero-order valence-electron chi connectivity index (χ0n) is 16.8. The lowest BCUT2D eigenvalue weighted by Crippen LogP contribution is -2.31. The van der Waals surface area contributed by atoms with Gasteiger partial charge in [-0.2, -0.15) is 0 Å². The summed E-state index contributed by atoms with van der Waals surface area (Å²) in [7, 11) is 0. The van der Waals surface area contributed by atoms with Crippen LogP contribution in [-0.4, -0.2) is 4.57 Å². The highest BCUT2D eigenvalue weighted by molar-refractivity contribution is 4.72. The van der Waals surface area contributed by atoms with Gasteiger partial charge in [-0.05, 0) is 32.6 Å². The fourth-order valence-electron chi connectivity index (χ4n) is 3.42. The Balaban J connectivity index is 2.01. The number of aryl methyl sites for hydroxylation is 1. The van der Waals surface area contributed by atoms with Gasteiger partial charge in [-0.1, -0.05) is 78.1 Å². The van der Waals surface area contributed by atoms with Crippen molar-refractivity contribution < 1.29 is 4.57 Å². The van der Waals surface area contributed by atoms with Crippen molar-refractivity contribution in [1.29, 1.82) is 0 Å². The van der Waals surface area contributed by atoms with Gasteiger partial charge in [-0.15, -0.1) is 0 Å². The third-order valence-electron chi connectivity index (χ3n) is 5.22. The van der Waals surface area contributed by atoms with Crippen LogP contribution in [0.2, 0.25) is 0 Å². The highest BCUT2D eigenvalue weighted by atomic mass is 15.1. The van der Waals surface area contributed by atoms with Crippen molar-refractivity contribution in [3.05, 3.63) is 18.7 Å². The molecule has 0 saturated heterocycles. The minimum Gasteiger partial charge on any atom is -0.237 e. The van der Waals surface area contributed by atoms with Crippen LogP contribution in [0, 0.1) is 0 Å². The largest absolute Gasteiger partial charge is 0.243 e. The van der Waals surface area contributed by atoms with Crippen LogP contribution in [0.4, 0.5) is 0 Å². The average Bonchev–Trinajstić information content (AvgIpc) is 3.06. The van der Waals surface area contributed by atoms with E-state index in [4.69, 9.17) is 0 Å². The number of imidazole rings is 1. The maximum Gasteiger partial charge on any atom is 0.243 e. The lowest BCUT2D eigenvalue weighted by Gasteiger charge is -2.06. The minimum absolute atomic E-state index is 0.644. The Kier molecular flexibility index (Phi) is 12.9. The molecule has 0 fully saturated rings. The quantitative estimate of drug-likeness (QED) is 0.231. The summed E-state index contributed by atoms with van der Waals surface area (Å²) >= 11 is 0. The first-order valence-electron chi connectivity index (χ1n) is 10.8. The van der Waals surface area contributed by atoms with Crippen molar-refractivity contribution in [2.75, 3.05) is 0 Å². The van der Waals surface area contributed by atoms with E-state index >= 15 is 0 Å². The third-order valence-corrected chi connectivity index (χ3v) is 5.22. The highest BCUT2D eigenvalue weighted by Crippen LogP contribution is 2.14. The molecule has 1 rings (SSSR count). The zero-order valence-corrected chi connectivity index (χ0v) is 16.8. The molecule has 0 N–H and O–H groups in total. The molecular weight excluding hydrogens is 292 g/mol. The van der Waals surface area contributed by atoms with Crippen molar-refractivity contribution >= 4 is 0 Å². The molecule has 0 aliphatic rings. The summed E-state index contributed by atoms with van der Waals surface area (Å²) in [4.78, 5) is 0. The van der Waals surface area contributed by atoms with Crippen molar-refractivity contribution in [2.45, 2.75) is 123 Å². The van der Waals surface area contributed by atoms with Gasteiger partial charge in [-0.3, -0.25) is 0 Å². The van der Waals surface area contributed by atoms with Crippen molar-refractivity contribution in [3.8, 4) is 0 Å². The number of rotatable bonds is 16. The van der Waals surface area contributed by atoms with Gasteiger partial charge in [0.1, 0.15) is 12.4 Å². The Morgan fingerprint density at radius 3 is 1.92 bits per heavy atom. The molecule has 1 aromatic heterocycles. The number of hydrogen-bond donors (Lipinski definition) is 0. The molecule has 0 aromatic carbocycles. The monoisotopic (exact) mass is 335 g/mol. The smallest absolute Gasteiger partial charge is 0.237 e. The zero-order chi connectivity index (χ0) is 17.5. The fourth-order valence-corrected chi connectivity index (χ4v) is 3.42. The van der Waals surface area contributed by atoms with Crippen molar-refractivity contribution in [3.63, 3.8) is 0 Å². The molecule has 2 nitrogen and oxygen atoms in total. The molecule has 0 aliphatic carbocycles. The molecule has 0 spiro atoms. The van der Waals surface area contributed by atoms with Gasteiger partial charge in [-0.25, -0.2) is 9.13 Å². The maximum absolute atomic E-state index is 2.39. The first-order chi connectivity index (χ1) is 11.8. The molecule has 1 unspecified atom stereocenters. The second-order valence-corrected chi connectivity index (χ2v) is 7.63. The first-order valence-corrected chi connectivity index (χ1v) is 10.8. The SMILES string of the molecule is CCCCCCCCCCCC[n+]1ccn(C(C)CCCCC)c1. The molecule has 1 heterocycles. The number of unbranched alkanes of at least 4 members (excludes halogenated alkanes) is 11. The van der Waals surface area contributed by atoms with E-state index in [0.717, 1.165) is 0 Å². The molecular formula is C22H43N2+. The Bertz CT molecular complexity index is 383. The third kappa shape index (κ3) is 10.2. The van der Waals surface area contributed by atoms with E-state index < -0.39 is 0 Å². The van der Waals surface area contributed by atoms with Crippen LogP contribution in [0.5, 0.6) is 0 Å². The highest BCUT2D eigenvalue weighted by Gasteiger charge is 2.11. The molecule has 24 heavy (non-hydrogen) atoms. The van der Waals surface area contributed by atoms with E-state index in [0.29, 0.717) is 6.04 Å². The molecule has 0 saturated carbocycles. The minimum atomic E-state index is 0.644. The lowest BCUT2D eigenvalue weighted by atomic mass is 10.1. The van der Waals surface area contributed by atoms with E-state index in [9.17, 15) is 0 Å². The molecule has 0 radical (unpaired) electrons.